The number of aromatic nitrogens is 1. The zero-order chi connectivity index (χ0) is 13.5. The standard InChI is InChI=1S/C17H15NO.ClH/c1-3-12-19-17-9-5-7-15(13-17)10-11-16-8-4-6-14(2)18-16;/h3-9,13H,1,12H2,2H3;1H. The zero-order valence-electron chi connectivity index (χ0n) is 11.3. The number of hydrogen-bond acceptors (Lipinski definition) is 2. The fourth-order valence-corrected chi connectivity index (χ4v) is 1.57. The molecule has 0 radical (unpaired) electrons. The summed E-state index contributed by atoms with van der Waals surface area (Å²) >= 11 is 0. The van der Waals surface area contributed by atoms with E-state index in [0.717, 1.165) is 22.7 Å². The molecule has 0 aliphatic heterocycles. The van der Waals surface area contributed by atoms with Crippen molar-refractivity contribution in [2.75, 3.05) is 6.61 Å². The molecule has 0 unspecified atom stereocenters. The Kier molecular flexibility index (Phi) is 6.36. The Morgan fingerprint density at radius 1 is 1.20 bits per heavy atom. The Bertz CT molecular complexity index is 641. The predicted molar refractivity (Wildman–Crippen MR) is 84.3 cm³/mol. The summed E-state index contributed by atoms with van der Waals surface area (Å²) in [6, 6.07) is 13.5. The van der Waals surface area contributed by atoms with Crippen molar-refractivity contribution < 1.29 is 4.74 Å². The minimum Gasteiger partial charge on any atom is -0.490 e. The topological polar surface area (TPSA) is 22.1 Å². The highest BCUT2D eigenvalue weighted by atomic mass is 35.5. The summed E-state index contributed by atoms with van der Waals surface area (Å²) in [5, 5.41) is 0. The number of pyridine rings is 1. The molecule has 0 fully saturated rings. The second-order valence-electron chi connectivity index (χ2n) is 4.04. The van der Waals surface area contributed by atoms with Crippen LogP contribution in [-0.4, -0.2) is 11.6 Å². The van der Waals surface area contributed by atoms with Gasteiger partial charge in [0.2, 0.25) is 0 Å². The van der Waals surface area contributed by atoms with Gasteiger partial charge in [-0.15, -0.1) is 12.4 Å². The molecule has 1 aromatic carbocycles. The minimum atomic E-state index is 0. The van der Waals surface area contributed by atoms with Gasteiger partial charge in [-0.05, 0) is 43.2 Å². The van der Waals surface area contributed by atoms with Crippen molar-refractivity contribution >= 4 is 12.4 Å². The molecule has 2 nitrogen and oxygen atoms in total. The van der Waals surface area contributed by atoms with Gasteiger partial charge in [0, 0.05) is 11.3 Å². The molecule has 102 valence electrons. The van der Waals surface area contributed by atoms with Crippen molar-refractivity contribution in [3.05, 3.63) is 72.1 Å². The van der Waals surface area contributed by atoms with Crippen molar-refractivity contribution in [3.63, 3.8) is 0 Å². The van der Waals surface area contributed by atoms with Crippen LogP contribution < -0.4 is 4.74 Å². The Balaban J connectivity index is 0.00000200. The molecule has 0 aliphatic rings. The maximum atomic E-state index is 5.47. The van der Waals surface area contributed by atoms with Crippen molar-refractivity contribution in [2.24, 2.45) is 0 Å². The number of aryl methyl sites for hydroxylation is 1. The van der Waals surface area contributed by atoms with Crippen LogP contribution in [0, 0.1) is 18.8 Å². The Morgan fingerprint density at radius 2 is 2.00 bits per heavy atom. The lowest BCUT2D eigenvalue weighted by atomic mass is 10.2. The normalized spacial score (nSPS) is 8.85. The molecule has 1 aromatic heterocycles. The molecule has 2 aromatic rings. The van der Waals surface area contributed by atoms with E-state index in [9.17, 15) is 0 Å². The third-order valence-corrected chi connectivity index (χ3v) is 2.43. The van der Waals surface area contributed by atoms with Gasteiger partial charge in [0.15, 0.2) is 0 Å². The molecule has 0 saturated heterocycles. The molecule has 2 rings (SSSR count). The number of nitrogens with zero attached hydrogens (tertiary/aromatic N) is 1. The van der Waals surface area contributed by atoms with Gasteiger partial charge in [-0.1, -0.05) is 30.7 Å². The number of hydrogen-bond donors (Lipinski definition) is 0. The van der Waals surface area contributed by atoms with E-state index in [2.05, 4.69) is 23.4 Å². The van der Waals surface area contributed by atoms with Crippen LogP contribution in [0.2, 0.25) is 0 Å². The van der Waals surface area contributed by atoms with E-state index < -0.39 is 0 Å². The van der Waals surface area contributed by atoms with Crippen LogP contribution in [0.15, 0.2) is 55.1 Å². The van der Waals surface area contributed by atoms with Crippen LogP contribution in [0.4, 0.5) is 0 Å². The van der Waals surface area contributed by atoms with Gasteiger partial charge < -0.3 is 4.74 Å². The first-order valence-corrected chi connectivity index (χ1v) is 6.07. The third kappa shape index (κ3) is 4.79. The lowest BCUT2D eigenvalue weighted by molar-refractivity contribution is 0.363. The second-order valence-corrected chi connectivity index (χ2v) is 4.04. The summed E-state index contributed by atoms with van der Waals surface area (Å²) in [6.45, 7) is 6.07. The Hall–Kier alpha value is -2.24. The monoisotopic (exact) mass is 285 g/mol. The van der Waals surface area contributed by atoms with E-state index in [1.807, 2.05) is 49.4 Å². The predicted octanol–water partition coefficient (Wildman–Crippen LogP) is 3.78. The first-order valence-electron chi connectivity index (χ1n) is 6.07. The molecular formula is C17H16ClNO. The minimum absolute atomic E-state index is 0. The average Bonchev–Trinajstić information content (AvgIpc) is 2.43. The highest BCUT2D eigenvalue weighted by Gasteiger charge is 1.94. The van der Waals surface area contributed by atoms with Crippen LogP contribution in [0.1, 0.15) is 17.0 Å². The first-order chi connectivity index (χ1) is 9.28. The summed E-state index contributed by atoms with van der Waals surface area (Å²) in [5.41, 5.74) is 2.65. The summed E-state index contributed by atoms with van der Waals surface area (Å²) < 4.78 is 5.47. The van der Waals surface area contributed by atoms with Crippen molar-refractivity contribution in [2.45, 2.75) is 6.92 Å². The van der Waals surface area contributed by atoms with Gasteiger partial charge in [-0.2, -0.15) is 0 Å². The van der Waals surface area contributed by atoms with Crippen LogP contribution in [0.3, 0.4) is 0 Å². The molecule has 0 atom stereocenters. The lowest BCUT2D eigenvalue weighted by Gasteiger charge is -2.02. The SMILES string of the molecule is C=CCOc1cccc(C#Cc2cccc(C)n2)c1.Cl. The van der Waals surface area contributed by atoms with E-state index >= 15 is 0 Å². The lowest BCUT2D eigenvalue weighted by Crippen LogP contribution is -1.92. The molecule has 0 bridgehead atoms. The molecule has 0 saturated carbocycles. The van der Waals surface area contributed by atoms with E-state index in [1.54, 1.807) is 6.08 Å². The number of benzene rings is 1. The highest BCUT2D eigenvalue weighted by molar-refractivity contribution is 5.85. The van der Waals surface area contributed by atoms with Crippen molar-refractivity contribution in [3.8, 4) is 17.6 Å². The van der Waals surface area contributed by atoms with Crippen LogP contribution >= 0.6 is 12.4 Å². The number of halogens is 1. The highest BCUT2D eigenvalue weighted by Crippen LogP contribution is 2.12. The molecular weight excluding hydrogens is 270 g/mol. The van der Waals surface area contributed by atoms with Crippen LogP contribution in [0.25, 0.3) is 0 Å². The maximum Gasteiger partial charge on any atom is 0.121 e. The quantitative estimate of drug-likeness (QED) is 0.632. The summed E-state index contributed by atoms with van der Waals surface area (Å²) in [6.07, 6.45) is 1.72. The van der Waals surface area contributed by atoms with Gasteiger partial charge in [0.25, 0.3) is 0 Å². The molecule has 0 spiro atoms. The Morgan fingerprint density at radius 3 is 2.75 bits per heavy atom. The smallest absolute Gasteiger partial charge is 0.121 e. The molecule has 3 heteroatoms. The fourth-order valence-electron chi connectivity index (χ4n) is 1.57. The fraction of sp³-hybridized carbons (Fsp3) is 0.118. The second kappa shape index (κ2) is 8.04. The van der Waals surface area contributed by atoms with E-state index in [4.69, 9.17) is 4.74 Å². The number of rotatable bonds is 3. The van der Waals surface area contributed by atoms with Gasteiger partial charge in [-0.25, -0.2) is 4.98 Å². The van der Waals surface area contributed by atoms with E-state index in [0.29, 0.717) is 6.61 Å². The first kappa shape index (κ1) is 15.8. The molecule has 0 aliphatic carbocycles. The molecule has 0 amide bonds. The molecule has 0 N–H and O–H groups in total. The maximum absolute atomic E-state index is 5.47. The molecule has 1 heterocycles. The van der Waals surface area contributed by atoms with E-state index in [1.165, 1.54) is 0 Å². The largest absolute Gasteiger partial charge is 0.490 e. The molecule has 20 heavy (non-hydrogen) atoms. The van der Waals surface area contributed by atoms with Gasteiger partial charge >= 0.3 is 0 Å². The Labute approximate surface area is 125 Å². The van der Waals surface area contributed by atoms with Crippen LogP contribution in [0.5, 0.6) is 5.75 Å². The van der Waals surface area contributed by atoms with Gasteiger partial charge in [0.05, 0.1) is 0 Å². The van der Waals surface area contributed by atoms with Gasteiger partial charge in [0.1, 0.15) is 18.1 Å². The van der Waals surface area contributed by atoms with Crippen molar-refractivity contribution in [1.82, 2.24) is 4.98 Å². The van der Waals surface area contributed by atoms with Crippen molar-refractivity contribution in [1.29, 1.82) is 0 Å². The van der Waals surface area contributed by atoms with Gasteiger partial charge in [-0.3, -0.25) is 0 Å². The summed E-state index contributed by atoms with van der Waals surface area (Å²) in [5.74, 6) is 6.93. The van der Waals surface area contributed by atoms with Crippen LogP contribution in [-0.2, 0) is 0 Å². The van der Waals surface area contributed by atoms with E-state index in [-0.39, 0.29) is 12.4 Å². The average molecular weight is 286 g/mol. The zero-order valence-corrected chi connectivity index (χ0v) is 12.1. The third-order valence-electron chi connectivity index (χ3n) is 2.43. The summed E-state index contributed by atoms with van der Waals surface area (Å²) in [4.78, 5) is 4.34. The number of ether oxygens (including phenoxy) is 1. The summed E-state index contributed by atoms with van der Waals surface area (Å²) in [7, 11) is 0.